The lowest BCUT2D eigenvalue weighted by atomic mass is 10.0. The number of nitrogens with one attached hydrogen (secondary N) is 1. The number of halogens is 3. The summed E-state index contributed by atoms with van der Waals surface area (Å²) in [7, 11) is 0. The van der Waals surface area contributed by atoms with Crippen LogP contribution >= 0.6 is 11.6 Å². The van der Waals surface area contributed by atoms with Gasteiger partial charge in [-0.1, -0.05) is 17.7 Å². The summed E-state index contributed by atoms with van der Waals surface area (Å²) in [6.45, 7) is 4.04. The highest BCUT2D eigenvalue weighted by Gasteiger charge is 2.27. The number of benzene rings is 1. The molecule has 0 spiro atoms. The van der Waals surface area contributed by atoms with Crippen molar-refractivity contribution in [3.63, 3.8) is 0 Å². The Hall–Kier alpha value is -0.710. The van der Waals surface area contributed by atoms with Crippen molar-refractivity contribution in [2.75, 3.05) is 32.9 Å². The zero-order valence-electron chi connectivity index (χ0n) is 10.3. The Labute approximate surface area is 111 Å². The number of aryl methyl sites for hydroxylation is 1. The van der Waals surface area contributed by atoms with Crippen LogP contribution < -0.4 is 5.32 Å². The summed E-state index contributed by atoms with van der Waals surface area (Å²) in [5.74, 6) is -0.385. The minimum Gasteiger partial charge on any atom is -0.314 e. The van der Waals surface area contributed by atoms with Crippen LogP contribution in [0.1, 0.15) is 17.2 Å². The maximum atomic E-state index is 14.2. The molecule has 0 aliphatic carbocycles. The van der Waals surface area contributed by atoms with Gasteiger partial charge >= 0.3 is 0 Å². The lowest BCUT2D eigenvalue weighted by Gasteiger charge is -2.34. The molecule has 1 fully saturated rings. The number of hydrogen-bond acceptors (Lipinski definition) is 2. The van der Waals surface area contributed by atoms with Crippen LogP contribution in [0.4, 0.5) is 8.78 Å². The lowest BCUT2D eigenvalue weighted by molar-refractivity contribution is 0.144. The fourth-order valence-corrected chi connectivity index (χ4v) is 2.61. The Morgan fingerprint density at radius 2 is 2.06 bits per heavy atom. The van der Waals surface area contributed by atoms with Crippen LogP contribution in [0.3, 0.4) is 0 Å². The van der Waals surface area contributed by atoms with Gasteiger partial charge in [-0.25, -0.2) is 8.78 Å². The molecule has 0 radical (unpaired) electrons. The standard InChI is InChI=1S/C13H17ClF2N2/c1-9-2-3-10(14)12(13(9)16)11(8-15)18-6-4-17-5-7-18/h2-3,11,17H,4-8H2,1H3/t11-/m1/s1. The second kappa shape index (κ2) is 5.95. The highest BCUT2D eigenvalue weighted by atomic mass is 35.5. The van der Waals surface area contributed by atoms with Crippen LogP contribution in [0.15, 0.2) is 12.1 Å². The average molecular weight is 275 g/mol. The molecule has 5 heteroatoms. The number of hydrogen-bond donors (Lipinski definition) is 1. The Morgan fingerprint density at radius 1 is 1.39 bits per heavy atom. The van der Waals surface area contributed by atoms with Crippen LogP contribution in [0.25, 0.3) is 0 Å². The molecule has 100 valence electrons. The molecule has 1 aliphatic heterocycles. The highest BCUT2D eigenvalue weighted by Crippen LogP contribution is 2.32. The summed E-state index contributed by atoms with van der Waals surface area (Å²) < 4.78 is 27.5. The van der Waals surface area contributed by atoms with Gasteiger partial charge in [0.05, 0.1) is 6.04 Å². The van der Waals surface area contributed by atoms with Crippen molar-refractivity contribution < 1.29 is 8.78 Å². The summed E-state index contributed by atoms with van der Waals surface area (Å²) in [4.78, 5) is 1.94. The van der Waals surface area contributed by atoms with Crippen molar-refractivity contribution in [2.24, 2.45) is 0 Å². The summed E-state index contributed by atoms with van der Waals surface area (Å²) in [6.07, 6.45) is 0. The number of piperazine rings is 1. The molecule has 1 N–H and O–H groups in total. The lowest BCUT2D eigenvalue weighted by Crippen LogP contribution is -2.46. The van der Waals surface area contributed by atoms with Crippen molar-refractivity contribution in [1.82, 2.24) is 10.2 Å². The Balaban J connectivity index is 2.34. The molecule has 18 heavy (non-hydrogen) atoms. The van der Waals surface area contributed by atoms with E-state index in [1.165, 1.54) is 0 Å². The van der Waals surface area contributed by atoms with Crippen LogP contribution in [-0.2, 0) is 0 Å². The molecule has 0 amide bonds. The molecule has 1 aromatic rings. The quantitative estimate of drug-likeness (QED) is 0.912. The normalized spacial score (nSPS) is 18.9. The third-order valence-corrected chi connectivity index (χ3v) is 3.72. The SMILES string of the molecule is Cc1ccc(Cl)c([C@@H](CF)N2CCNCC2)c1F. The van der Waals surface area contributed by atoms with Gasteiger partial charge in [0, 0.05) is 36.8 Å². The van der Waals surface area contributed by atoms with E-state index in [4.69, 9.17) is 11.6 Å². The molecule has 0 unspecified atom stereocenters. The molecule has 1 aliphatic rings. The van der Waals surface area contributed by atoms with E-state index in [-0.39, 0.29) is 5.82 Å². The van der Waals surface area contributed by atoms with Crippen molar-refractivity contribution in [2.45, 2.75) is 13.0 Å². The van der Waals surface area contributed by atoms with Crippen LogP contribution in [-0.4, -0.2) is 37.8 Å². The van der Waals surface area contributed by atoms with E-state index in [0.29, 0.717) is 29.2 Å². The van der Waals surface area contributed by atoms with E-state index in [0.717, 1.165) is 13.1 Å². The fourth-order valence-electron chi connectivity index (χ4n) is 2.33. The first-order valence-electron chi connectivity index (χ1n) is 6.10. The predicted octanol–water partition coefficient (Wildman–Crippen LogP) is 2.70. The molecule has 0 saturated carbocycles. The van der Waals surface area contributed by atoms with E-state index >= 15 is 0 Å². The smallest absolute Gasteiger partial charge is 0.132 e. The Kier molecular flexibility index (Phi) is 4.54. The Morgan fingerprint density at radius 3 is 2.67 bits per heavy atom. The zero-order chi connectivity index (χ0) is 13.1. The molecular weight excluding hydrogens is 258 g/mol. The van der Waals surface area contributed by atoms with Gasteiger partial charge in [-0.05, 0) is 18.6 Å². The molecule has 1 saturated heterocycles. The fraction of sp³-hybridized carbons (Fsp3) is 0.538. The van der Waals surface area contributed by atoms with Crippen LogP contribution in [0, 0.1) is 12.7 Å². The van der Waals surface area contributed by atoms with Crippen molar-refractivity contribution >= 4 is 11.6 Å². The number of nitrogens with zero attached hydrogens (tertiary/aromatic N) is 1. The van der Waals surface area contributed by atoms with E-state index in [1.807, 2.05) is 4.90 Å². The maximum absolute atomic E-state index is 14.2. The van der Waals surface area contributed by atoms with Gasteiger partial charge < -0.3 is 5.32 Å². The van der Waals surface area contributed by atoms with Crippen molar-refractivity contribution in [1.29, 1.82) is 0 Å². The molecule has 0 bridgehead atoms. The molecule has 2 rings (SSSR count). The first-order chi connectivity index (χ1) is 8.65. The average Bonchev–Trinajstić information content (AvgIpc) is 2.40. The van der Waals surface area contributed by atoms with Crippen molar-refractivity contribution in [3.8, 4) is 0 Å². The highest BCUT2D eigenvalue weighted by molar-refractivity contribution is 6.31. The van der Waals surface area contributed by atoms with E-state index < -0.39 is 12.7 Å². The van der Waals surface area contributed by atoms with Crippen LogP contribution in [0.2, 0.25) is 5.02 Å². The molecule has 1 heterocycles. The first-order valence-corrected chi connectivity index (χ1v) is 6.48. The predicted molar refractivity (Wildman–Crippen MR) is 69.3 cm³/mol. The van der Waals surface area contributed by atoms with Gasteiger partial charge in [-0.15, -0.1) is 0 Å². The van der Waals surface area contributed by atoms with E-state index in [2.05, 4.69) is 5.32 Å². The maximum Gasteiger partial charge on any atom is 0.132 e. The van der Waals surface area contributed by atoms with Gasteiger partial charge in [0.1, 0.15) is 12.5 Å². The second-order valence-electron chi connectivity index (χ2n) is 4.55. The molecule has 1 atom stereocenters. The topological polar surface area (TPSA) is 15.3 Å². The molecule has 2 nitrogen and oxygen atoms in total. The van der Waals surface area contributed by atoms with E-state index in [1.54, 1.807) is 19.1 Å². The van der Waals surface area contributed by atoms with Gasteiger partial charge in [0.2, 0.25) is 0 Å². The molecule has 0 aromatic heterocycles. The number of alkyl halides is 1. The summed E-state index contributed by atoms with van der Waals surface area (Å²) >= 11 is 6.05. The second-order valence-corrected chi connectivity index (χ2v) is 4.96. The Bertz CT molecular complexity index is 420. The zero-order valence-corrected chi connectivity index (χ0v) is 11.1. The summed E-state index contributed by atoms with van der Waals surface area (Å²) in [6, 6.07) is 2.67. The molecule has 1 aromatic carbocycles. The van der Waals surface area contributed by atoms with Gasteiger partial charge in [-0.2, -0.15) is 0 Å². The minimum atomic E-state index is -0.625. The van der Waals surface area contributed by atoms with E-state index in [9.17, 15) is 8.78 Å². The minimum absolute atomic E-state index is 0.293. The van der Waals surface area contributed by atoms with Gasteiger partial charge in [-0.3, -0.25) is 4.90 Å². The van der Waals surface area contributed by atoms with Crippen molar-refractivity contribution in [3.05, 3.63) is 34.1 Å². The number of rotatable bonds is 3. The summed E-state index contributed by atoms with van der Waals surface area (Å²) in [5, 5.41) is 3.50. The molecular formula is C13H17ClF2N2. The monoisotopic (exact) mass is 274 g/mol. The van der Waals surface area contributed by atoms with Crippen LogP contribution in [0.5, 0.6) is 0 Å². The first kappa shape index (κ1) is 13.7. The summed E-state index contributed by atoms with van der Waals surface area (Å²) in [5.41, 5.74) is 0.795. The third kappa shape index (κ3) is 2.66. The largest absolute Gasteiger partial charge is 0.314 e. The third-order valence-electron chi connectivity index (χ3n) is 3.39. The van der Waals surface area contributed by atoms with Gasteiger partial charge in [0.15, 0.2) is 0 Å². The van der Waals surface area contributed by atoms with Gasteiger partial charge in [0.25, 0.3) is 0 Å².